The molecular formula is C31H22N5+. The zero-order valence-corrected chi connectivity index (χ0v) is 19.5. The van der Waals surface area contributed by atoms with Crippen LogP contribution >= 0.6 is 0 Å². The number of nitrogens with zero attached hydrogens (tertiary/aromatic N) is 5. The lowest BCUT2D eigenvalue weighted by Gasteiger charge is -2.09. The van der Waals surface area contributed by atoms with Gasteiger partial charge in [0.2, 0.25) is 16.8 Å². The lowest BCUT2D eigenvalue weighted by atomic mass is 9.86. The van der Waals surface area contributed by atoms with Gasteiger partial charge < -0.3 is 0 Å². The molecule has 0 fully saturated rings. The Morgan fingerprint density at radius 2 is 1.06 bits per heavy atom. The topological polar surface area (TPSA) is 86.7 Å². The predicted octanol–water partition coefficient (Wildman–Crippen LogP) is 7.58. The molecule has 36 heavy (non-hydrogen) atoms. The van der Waals surface area contributed by atoms with E-state index in [0.29, 0.717) is 0 Å². The predicted molar refractivity (Wildman–Crippen MR) is 141 cm³/mol. The number of benzene rings is 4. The third-order valence-electron chi connectivity index (χ3n) is 5.60. The summed E-state index contributed by atoms with van der Waals surface area (Å²) >= 11 is 0. The SMILES string of the molecule is N#CC(C#N)(C#N)Cc1ccc(/C=C/c2ccc(N=[N+](c3ccccc3)c3ccccc3)cc2)cc1. The maximum Gasteiger partial charge on any atom is 0.238 e. The van der Waals surface area contributed by atoms with E-state index < -0.39 is 5.41 Å². The average molecular weight is 465 g/mol. The first kappa shape index (κ1) is 23.8. The van der Waals surface area contributed by atoms with Gasteiger partial charge in [-0.3, -0.25) is 0 Å². The summed E-state index contributed by atoms with van der Waals surface area (Å²) in [5.74, 6) is 0. The quantitative estimate of drug-likeness (QED) is 0.160. The lowest BCUT2D eigenvalue weighted by molar-refractivity contribution is 0.673. The van der Waals surface area contributed by atoms with Crippen molar-refractivity contribution in [3.8, 4) is 18.2 Å². The molecule has 0 aromatic heterocycles. The lowest BCUT2D eigenvalue weighted by Crippen LogP contribution is -2.16. The van der Waals surface area contributed by atoms with Crippen LogP contribution in [0.3, 0.4) is 0 Å². The molecule has 4 aromatic rings. The van der Waals surface area contributed by atoms with Crippen molar-refractivity contribution in [2.45, 2.75) is 6.42 Å². The van der Waals surface area contributed by atoms with E-state index in [4.69, 9.17) is 5.11 Å². The molecule has 0 amide bonds. The summed E-state index contributed by atoms with van der Waals surface area (Å²) in [6.07, 6.45) is 4.08. The Morgan fingerprint density at radius 1 is 0.611 bits per heavy atom. The molecule has 5 heteroatoms. The number of azo groups is 2. The van der Waals surface area contributed by atoms with Gasteiger partial charge in [-0.05, 0) is 33.5 Å². The van der Waals surface area contributed by atoms with Crippen molar-refractivity contribution in [3.63, 3.8) is 0 Å². The van der Waals surface area contributed by atoms with E-state index in [1.54, 1.807) is 0 Å². The number of hydrogen-bond acceptors (Lipinski definition) is 4. The molecule has 0 unspecified atom stereocenters. The van der Waals surface area contributed by atoms with Gasteiger partial charge in [-0.1, -0.05) is 84.9 Å². The minimum atomic E-state index is -1.65. The summed E-state index contributed by atoms with van der Waals surface area (Å²) in [7, 11) is 0. The Labute approximate surface area is 210 Å². The largest absolute Gasteiger partial charge is 0.238 e. The van der Waals surface area contributed by atoms with E-state index in [1.807, 2.05) is 144 Å². The van der Waals surface area contributed by atoms with Crippen LogP contribution in [-0.2, 0) is 6.42 Å². The second-order valence-corrected chi connectivity index (χ2v) is 8.17. The molecule has 0 aliphatic rings. The molecule has 0 radical (unpaired) electrons. The first-order chi connectivity index (χ1) is 17.6. The summed E-state index contributed by atoms with van der Waals surface area (Å²) in [5.41, 5.74) is 3.91. The van der Waals surface area contributed by atoms with Crippen LogP contribution in [-0.4, -0.2) is 0 Å². The second-order valence-electron chi connectivity index (χ2n) is 8.17. The highest BCUT2D eigenvalue weighted by atomic mass is 15.3. The Hall–Kier alpha value is -5.31. The third kappa shape index (κ3) is 5.78. The summed E-state index contributed by atoms with van der Waals surface area (Å²) in [6, 6.07) is 41.0. The standard InChI is InChI=1S/C31H22N5/c32-22-31(23-33,24-34)21-27-15-13-25(14-16-27)11-12-26-17-19-28(20-18-26)35-36(29-7-3-1-4-8-29)30-9-5-2-6-10-30/h1-20H,21H2/q+1/b12-11+. The Kier molecular flexibility index (Phi) is 7.42. The first-order valence-electron chi connectivity index (χ1n) is 11.4. The second kappa shape index (κ2) is 11.2. The van der Waals surface area contributed by atoms with Crippen LogP contribution in [0.5, 0.6) is 0 Å². The van der Waals surface area contributed by atoms with Gasteiger partial charge in [0.05, 0.1) is 0 Å². The Bertz CT molecular complexity index is 1420. The van der Waals surface area contributed by atoms with E-state index in [0.717, 1.165) is 33.8 Å². The number of rotatable bonds is 7. The van der Waals surface area contributed by atoms with Gasteiger partial charge in [0.1, 0.15) is 23.9 Å². The third-order valence-corrected chi connectivity index (χ3v) is 5.60. The zero-order valence-electron chi connectivity index (χ0n) is 19.5. The molecular weight excluding hydrogens is 442 g/mol. The molecule has 0 atom stereocenters. The molecule has 4 aromatic carbocycles. The highest BCUT2D eigenvalue weighted by Gasteiger charge is 2.30. The molecule has 0 spiro atoms. The van der Waals surface area contributed by atoms with E-state index in [2.05, 4.69) is 0 Å². The normalized spacial score (nSPS) is 10.7. The molecule has 0 N–H and O–H groups in total. The summed E-state index contributed by atoms with van der Waals surface area (Å²) in [4.78, 5) is 0. The molecule has 0 aliphatic carbocycles. The van der Waals surface area contributed by atoms with Gasteiger partial charge in [-0.25, -0.2) is 0 Å². The van der Waals surface area contributed by atoms with Crippen molar-refractivity contribution < 1.29 is 0 Å². The maximum atomic E-state index is 9.17. The summed E-state index contributed by atoms with van der Waals surface area (Å²) < 4.78 is 1.92. The van der Waals surface area contributed by atoms with Crippen molar-refractivity contribution in [3.05, 3.63) is 126 Å². The monoisotopic (exact) mass is 464 g/mol. The van der Waals surface area contributed by atoms with E-state index in [1.165, 1.54) is 0 Å². The highest BCUT2D eigenvalue weighted by molar-refractivity contribution is 5.70. The van der Waals surface area contributed by atoms with Crippen LogP contribution in [0.2, 0.25) is 0 Å². The minimum Gasteiger partial charge on any atom is -0.195 e. The van der Waals surface area contributed by atoms with Gasteiger partial charge in [0, 0.05) is 35.8 Å². The molecule has 5 nitrogen and oxygen atoms in total. The molecule has 0 aliphatic heterocycles. The smallest absolute Gasteiger partial charge is 0.195 e. The molecule has 0 saturated carbocycles. The van der Waals surface area contributed by atoms with Crippen LogP contribution in [0.15, 0.2) is 114 Å². The van der Waals surface area contributed by atoms with Gasteiger partial charge in [0.15, 0.2) is 0 Å². The van der Waals surface area contributed by atoms with Crippen molar-refractivity contribution in [1.29, 1.82) is 15.8 Å². The molecule has 0 bridgehead atoms. The van der Waals surface area contributed by atoms with Crippen molar-refractivity contribution in [2.24, 2.45) is 10.5 Å². The van der Waals surface area contributed by atoms with Crippen LogP contribution in [0, 0.1) is 39.4 Å². The van der Waals surface area contributed by atoms with Crippen molar-refractivity contribution >= 4 is 29.2 Å². The summed E-state index contributed by atoms with van der Waals surface area (Å²) in [5, 5.41) is 32.4. The molecule has 170 valence electrons. The first-order valence-corrected chi connectivity index (χ1v) is 11.4. The fourth-order valence-electron chi connectivity index (χ4n) is 3.61. The highest BCUT2D eigenvalue weighted by Crippen LogP contribution is 2.25. The zero-order chi connectivity index (χ0) is 25.2. The molecule has 4 rings (SSSR count). The minimum absolute atomic E-state index is 0.0778. The van der Waals surface area contributed by atoms with E-state index in [9.17, 15) is 15.8 Å². The van der Waals surface area contributed by atoms with Crippen LogP contribution in [0.1, 0.15) is 16.7 Å². The van der Waals surface area contributed by atoms with Crippen molar-refractivity contribution in [2.75, 3.05) is 0 Å². The van der Waals surface area contributed by atoms with Crippen LogP contribution < -0.4 is 4.70 Å². The van der Waals surface area contributed by atoms with Gasteiger partial charge >= 0.3 is 0 Å². The van der Waals surface area contributed by atoms with E-state index >= 15 is 0 Å². The average Bonchev–Trinajstić information content (AvgIpc) is 2.96. The van der Waals surface area contributed by atoms with Gasteiger partial charge in [0.25, 0.3) is 0 Å². The maximum absolute atomic E-state index is 9.17. The molecule has 0 heterocycles. The van der Waals surface area contributed by atoms with Crippen LogP contribution in [0.25, 0.3) is 12.2 Å². The number of nitriles is 3. The Balaban J connectivity index is 1.50. The van der Waals surface area contributed by atoms with Gasteiger partial charge in [-0.15, -0.1) is 0 Å². The van der Waals surface area contributed by atoms with Gasteiger partial charge in [-0.2, -0.15) is 15.8 Å². The number of para-hydroxylation sites is 2. The fraction of sp³-hybridized carbons (Fsp3) is 0.0645. The molecule has 0 saturated heterocycles. The van der Waals surface area contributed by atoms with E-state index in [-0.39, 0.29) is 6.42 Å². The van der Waals surface area contributed by atoms with Crippen molar-refractivity contribution in [1.82, 2.24) is 4.70 Å². The fourth-order valence-corrected chi connectivity index (χ4v) is 3.61. The number of hydrogen-bond donors (Lipinski definition) is 0. The van der Waals surface area contributed by atoms with Crippen LogP contribution in [0.4, 0.5) is 17.1 Å². The summed E-state index contributed by atoms with van der Waals surface area (Å²) in [6.45, 7) is 0. The Morgan fingerprint density at radius 3 is 1.50 bits per heavy atom.